The summed E-state index contributed by atoms with van der Waals surface area (Å²) in [5.41, 5.74) is 0. The Morgan fingerprint density at radius 1 is 1.80 bits per heavy atom. The monoisotopic (exact) mass is 144 g/mol. The van der Waals surface area contributed by atoms with Crippen molar-refractivity contribution in [2.75, 3.05) is 19.8 Å². The smallest absolute Gasteiger partial charge is 0.330 e. The molecule has 10 heavy (non-hydrogen) atoms. The van der Waals surface area contributed by atoms with Crippen LogP contribution in [-0.4, -0.2) is 25.8 Å². The lowest BCUT2D eigenvalue weighted by Gasteiger charge is -1.90. The third-order valence-corrected chi connectivity index (χ3v) is 0.657. The zero-order valence-corrected chi connectivity index (χ0v) is 6.13. The zero-order chi connectivity index (χ0) is 7.82. The molecule has 0 aromatic carbocycles. The molecule has 0 saturated carbocycles. The summed E-state index contributed by atoms with van der Waals surface area (Å²) in [6.45, 7) is 7.38. The Balaban J connectivity index is 0.000000219. The molecule has 0 spiro atoms. The Kier molecular flexibility index (Phi) is 5.77. The van der Waals surface area contributed by atoms with Gasteiger partial charge in [-0.2, -0.15) is 0 Å². The summed E-state index contributed by atoms with van der Waals surface area (Å²) in [7, 11) is 0. The van der Waals surface area contributed by atoms with Gasteiger partial charge in [-0.05, 0) is 6.92 Å². The van der Waals surface area contributed by atoms with Gasteiger partial charge in [0.2, 0.25) is 0 Å². The Labute approximate surface area is 60.6 Å². The topological polar surface area (TPSA) is 38.8 Å². The van der Waals surface area contributed by atoms with Crippen molar-refractivity contribution in [3.8, 4) is 0 Å². The number of ether oxygens (including phenoxy) is 2. The van der Waals surface area contributed by atoms with Crippen LogP contribution < -0.4 is 0 Å². The second-order valence-electron chi connectivity index (χ2n) is 1.57. The van der Waals surface area contributed by atoms with Gasteiger partial charge < -0.3 is 9.47 Å². The van der Waals surface area contributed by atoms with Gasteiger partial charge in [-0.1, -0.05) is 6.58 Å². The first kappa shape index (κ1) is 9.17. The SMILES string of the molecule is C1CO1.C=CC(=O)OCC. The van der Waals surface area contributed by atoms with Crippen molar-refractivity contribution in [2.24, 2.45) is 0 Å². The average Bonchev–Trinajstić information content (AvgIpc) is 2.73. The summed E-state index contributed by atoms with van der Waals surface area (Å²) in [5, 5.41) is 0. The number of esters is 1. The molecule has 0 atom stereocenters. The lowest BCUT2D eigenvalue weighted by atomic mass is 10.6. The lowest BCUT2D eigenvalue weighted by Crippen LogP contribution is -1.97. The van der Waals surface area contributed by atoms with Crippen LogP contribution in [0.4, 0.5) is 0 Å². The van der Waals surface area contributed by atoms with Crippen LogP contribution >= 0.6 is 0 Å². The van der Waals surface area contributed by atoms with Gasteiger partial charge >= 0.3 is 5.97 Å². The van der Waals surface area contributed by atoms with Gasteiger partial charge in [0.05, 0.1) is 19.8 Å². The molecule has 0 aromatic rings. The fourth-order valence-electron chi connectivity index (χ4n) is 0.201. The Bertz CT molecular complexity index is 105. The van der Waals surface area contributed by atoms with E-state index in [1.54, 1.807) is 6.92 Å². The minimum atomic E-state index is -0.359. The van der Waals surface area contributed by atoms with Crippen LogP contribution in [-0.2, 0) is 14.3 Å². The van der Waals surface area contributed by atoms with Gasteiger partial charge in [0.15, 0.2) is 0 Å². The molecule has 0 aliphatic carbocycles. The molecule has 1 rings (SSSR count). The van der Waals surface area contributed by atoms with Crippen molar-refractivity contribution in [2.45, 2.75) is 6.92 Å². The van der Waals surface area contributed by atoms with Crippen molar-refractivity contribution in [3.05, 3.63) is 12.7 Å². The number of carbonyl (C=O) groups is 1. The molecule has 1 heterocycles. The third-order valence-electron chi connectivity index (χ3n) is 0.657. The van der Waals surface area contributed by atoms with E-state index in [9.17, 15) is 4.79 Å². The first-order valence-corrected chi connectivity index (χ1v) is 3.18. The number of hydrogen-bond donors (Lipinski definition) is 0. The predicted molar refractivity (Wildman–Crippen MR) is 37.6 cm³/mol. The average molecular weight is 144 g/mol. The Hall–Kier alpha value is -0.830. The highest BCUT2D eigenvalue weighted by molar-refractivity contribution is 5.81. The highest BCUT2D eigenvalue weighted by Crippen LogP contribution is 1.84. The van der Waals surface area contributed by atoms with Gasteiger partial charge in [0, 0.05) is 6.08 Å². The number of rotatable bonds is 2. The molecule has 1 aliphatic rings. The normalized spacial score (nSPS) is 12.5. The Morgan fingerprint density at radius 2 is 2.30 bits per heavy atom. The first-order chi connectivity index (χ1) is 4.81. The summed E-state index contributed by atoms with van der Waals surface area (Å²) in [4.78, 5) is 10.1. The van der Waals surface area contributed by atoms with Crippen LogP contribution in [0.2, 0.25) is 0 Å². The van der Waals surface area contributed by atoms with E-state index in [0.29, 0.717) is 6.61 Å². The molecule has 0 amide bonds. The lowest BCUT2D eigenvalue weighted by molar-refractivity contribution is -0.137. The van der Waals surface area contributed by atoms with Crippen molar-refractivity contribution < 1.29 is 14.3 Å². The molecular formula is C7H12O3. The second-order valence-corrected chi connectivity index (χ2v) is 1.57. The summed E-state index contributed by atoms with van der Waals surface area (Å²) >= 11 is 0. The molecule has 1 aliphatic heterocycles. The van der Waals surface area contributed by atoms with E-state index in [4.69, 9.17) is 0 Å². The second kappa shape index (κ2) is 6.29. The third kappa shape index (κ3) is 10.2. The molecule has 0 radical (unpaired) electrons. The minimum absolute atomic E-state index is 0.359. The molecular weight excluding hydrogens is 132 g/mol. The van der Waals surface area contributed by atoms with Crippen LogP contribution in [0.5, 0.6) is 0 Å². The summed E-state index contributed by atoms with van der Waals surface area (Å²) in [5.74, 6) is -0.359. The van der Waals surface area contributed by atoms with E-state index >= 15 is 0 Å². The van der Waals surface area contributed by atoms with E-state index in [1.165, 1.54) is 0 Å². The number of epoxide rings is 1. The molecule has 0 aromatic heterocycles. The van der Waals surface area contributed by atoms with E-state index in [1.807, 2.05) is 0 Å². The standard InChI is InChI=1S/C5H8O2.C2H4O/c1-3-5(6)7-4-2;1-2-3-1/h3H,1,4H2,2H3;1-2H2. The minimum Gasteiger partial charge on any atom is -0.463 e. The molecule has 58 valence electrons. The summed E-state index contributed by atoms with van der Waals surface area (Å²) in [6, 6.07) is 0. The Morgan fingerprint density at radius 3 is 2.40 bits per heavy atom. The van der Waals surface area contributed by atoms with Crippen LogP contribution in [0, 0.1) is 0 Å². The van der Waals surface area contributed by atoms with Gasteiger partial charge in [-0.3, -0.25) is 0 Å². The van der Waals surface area contributed by atoms with Crippen molar-refractivity contribution in [1.82, 2.24) is 0 Å². The summed E-state index contributed by atoms with van der Waals surface area (Å²) < 4.78 is 8.93. The first-order valence-electron chi connectivity index (χ1n) is 3.18. The van der Waals surface area contributed by atoms with Crippen LogP contribution in [0.25, 0.3) is 0 Å². The molecule has 0 unspecified atom stereocenters. The molecule has 3 nitrogen and oxygen atoms in total. The van der Waals surface area contributed by atoms with Crippen LogP contribution in [0.3, 0.4) is 0 Å². The maximum atomic E-state index is 10.1. The van der Waals surface area contributed by atoms with Gasteiger partial charge in [0.25, 0.3) is 0 Å². The fourth-order valence-corrected chi connectivity index (χ4v) is 0.201. The van der Waals surface area contributed by atoms with E-state index < -0.39 is 0 Å². The van der Waals surface area contributed by atoms with Crippen LogP contribution in [0.1, 0.15) is 6.92 Å². The van der Waals surface area contributed by atoms with Crippen molar-refractivity contribution in [1.29, 1.82) is 0 Å². The summed E-state index contributed by atoms with van der Waals surface area (Å²) in [6.07, 6.45) is 1.14. The van der Waals surface area contributed by atoms with Gasteiger partial charge in [-0.15, -0.1) is 0 Å². The highest BCUT2D eigenvalue weighted by Gasteiger charge is 1.94. The van der Waals surface area contributed by atoms with Crippen LogP contribution in [0.15, 0.2) is 12.7 Å². The molecule has 3 heteroatoms. The van der Waals surface area contributed by atoms with Crippen molar-refractivity contribution >= 4 is 5.97 Å². The molecule has 1 saturated heterocycles. The molecule has 0 bridgehead atoms. The zero-order valence-electron chi connectivity index (χ0n) is 6.13. The maximum Gasteiger partial charge on any atom is 0.330 e. The van der Waals surface area contributed by atoms with Crippen molar-refractivity contribution in [3.63, 3.8) is 0 Å². The van der Waals surface area contributed by atoms with E-state index in [0.717, 1.165) is 19.3 Å². The quantitative estimate of drug-likeness (QED) is 0.326. The fraction of sp³-hybridized carbons (Fsp3) is 0.571. The molecule has 0 N–H and O–H groups in total. The van der Waals surface area contributed by atoms with Gasteiger partial charge in [0.1, 0.15) is 0 Å². The largest absolute Gasteiger partial charge is 0.463 e. The number of hydrogen-bond acceptors (Lipinski definition) is 3. The van der Waals surface area contributed by atoms with Gasteiger partial charge in [-0.25, -0.2) is 4.79 Å². The highest BCUT2D eigenvalue weighted by atomic mass is 16.6. The van der Waals surface area contributed by atoms with E-state index in [2.05, 4.69) is 16.1 Å². The van der Waals surface area contributed by atoms with E-state index in [-0.39, 0.29) is 5.97 Å². The predicted octanol–water partition coefficient (Wildman–Crippen LogP) is 0.752. The number of carbonyl (C=O) groups excluding carboxylic acids is 1. The molecule has 1 fully saturated rings. The maximum absolute atomic E-state index is 10.1.